The molecule has 18 heavy (non-hydrogen) atoms. The van der Waals surface area contributed by atoms with Gasteiger partial charge in [-0.1, -0.05) is 0 Å². The monoisotopic (exact) mass is 258 g/mol. The fourth-order valence-corrected chi connectivity index (χ4v) is 1.86. The van der Waals surface area contributed by atoms with Crippen LogP contribution < -0.4 is 5.32 Å². The van der Waals surface area contributed by atoms with Crippen molar-refractivity contribution in [2.45, 2.75) is 38.1 Å². The molecular weight excluding hydrogens is 240 g/mol. The first-order valence-electron chi connectivity index (χ1n) is 6.00. The van der Waals surface area contributed by atoms with Crippen molar-refractivity contribution in [2.24, 2.45) is 0 Å². The summed E-state index contributed by atoms with van der Waals surface area (Å²) in [5.74, 6) is -2.28. The summed E-state index contributed by atoms with van der Waals surface area (Å²) in [6.45, 7) is 1.24. The van der Waals surface area contributed by atoms with E-state index in [4.69, 9.17) is 10.2 Å². The maximum absolute atomic E-state index is 11.8. The van der Waals surface area contributed by atoms with Gasteiger partial charge in [-0.3, -0.25) is 4.79 Å². The molecule has 0 radical (unpaired) electrons. The Balaban J connectivity index is 2.46. The summed E-state index contributed by atoms with van der Waals surface area (Å²) in [5.41, 5.74) is 0. The van der Waals surface area contributed by atoms with Crippen LogP contribution in [-0.4, -0.2) is 52.2 Å². The first-order chi connectivity index (χ1) is 8.50. The van der Waals surface area contributed by atoms with Gasteiger partial charge in [-0.05, 0) is 25.7 Å². The summed E-state index contributed by atoms with van der Waals surface area (Å²) in [5, 5.41) is 19.8. The van der Waals surface area contributed by atoms with Gasteiger partial charge in [0, 0.05) is 19.5 Å². The number of carbonyl (C=O) groups excluding carboxylic acids is 1. The van der Waals surface area contributed by atoms with Gasteiger partial charge >= 0.3 is 18.0 Å². The zero-order valence-corrected chi connectivity index (χ0v) is 10.1. The molecule has 1 heterocycles. The van der Waals surface area contributed by atoms with Crippen LogP contribution in [0.3, 0.4) is 0 Å². The Morgan fingerprint density at radius 1 is 1.11 bits per heavy atom. The number of hydrogen-bond acceptors (Lipinski definition) is 3. The fraction of sp³-hybridized carbons (Fsp3) is 0.727. The molecule has 0 aliphatic carbocycles. The van der Waals surface area contributed by atoms with E-state index < -0.39 is 24.0 Å². The smallest absolute Gasteiger partial charge is 0.326 e. The van der Waals surface area contributed by atoms with E-state index in [1.54, 1.807) is 4.90 Å². The van der Waals surface area contributed by atoms with Crippen LogP contribution in [-0.2, 0) is 9.59 Å². The largest absolute Gasteiger partial charge is 0.481 e. The van der Waals surface area contributed by atoms with Crippen LogP contribution in [0.1, 0.15) is 32.1 Å². The van der Waals surface area contributed by atoms with E-state index in [1.165, 1.54) is 0 Å². The lowest BCUT2D eigenvalue weighted by Gasteiger charge is -2.28. The molecule has 0 spiro atoms. The van der Waals surface area contributed by atoms with E-state index >= 15 is 0 Å². The molecule has 1 fully saturated rings. The van der Waals surface area contributed by atoms with E-state index in [2.05, 4.69) is 5.32 Å². The summed E-state index contributed by atoms with van der Waals surface area (Å²) >= 11 is 0. The van der Waals surface area contributed by atoms with Gasteiger partial charge < -0.3 is 20.4 Å². The Hall–Kier alpha value is -1.79. The van der Waals surface area contributed by atoms with Crippen LogP contribution in [0.25, 0.3) is 0 Å². The summed E-state index contributed by atoms with van der Waals surface area (Å²) in [7, 11) is 0. The molecule has 1 aliphatic heterocycles. The van der Waals surface area contributed by atoms with Crippen LogP contribution in [0.4, 0.5) is 4.79 Å². The summed E-state index contributed by atoms with van der Waals surface area (Å²) in [4.78, 5) is 34.6. The third kappa shape index (κ3) is 4.60. The second kappa shape index (κ2) is 6.83. The minimum atomic E-state index is -1.21. The lowest BCUT2D eigenvalue weighted by Crippen LogP contribution is -2.49. The number of carbonyl (C=O) groups is 3. The number of hydrogen-bond donors (Lipinski definition) is 3. The third-order valence-corrected chi connectivity index (χ3v) is 2.89. The molecule has 2 amide bonds. The van der Waals surface area contributed by atoms with Gasteiger partial charge in [0.05, 0.1) is 0 Å². The molecule has 7 nitrogen and oxygen atoms in total. The van der Waals surface area contributed by atoms with Crippen LogP contribution in [0.5, 0.6) is 0 Å². The van der Waals surface area contributed by atoms with E-state index in [1.807, 2.05) is 0 Å². The summed E-state index contributed by atoms with van der Waals surface area (Å²) < 4.78 is 0. The van der Waals surface area contributed by atoms with Gasteiger partial charge in [0.15, 0.2) is 0 Å². The van der Waals surface area contributed by atoms with E-state index in [0.717, 1.165) is 19.3 Å². The van der Waals surface area contributed by atoms with Gasteiger partial charge in [-0.25, -0.2) is 9.59 Å². The van der Waals surface area contributed by atoms with Crippen molar-refractivity contribution in [2.75, 3.05) is 13.1 Å². The quantitative estimate of drug-likeness (QED) is 0.665. The van der Waals surface area contributed by atoms with Gasteiger partial charge in [0.25, 0.3) is 0 Å². The lowest BCUT2D eigenvalue weighted by molar-refractivity contribution is -0.140. The standard InChI is InChI=1S/C11H18N2O5/c14-9(15)5-4-8(10(16)17)12-11(18)13-6-2-1-3-7-13/h8H,1-7H2,(H,12,18)(H,14,15)(H,16,17)/t8-/m0/s1. The number of urea groups is 1. The summed E-state index contributed by atoms with van der Waals surface area (Å²) in [6.07, 6.45) is 2.52. The van der Waals surface area contributed by atoms with E-state index in [-0.39, 0.29) is 12.8 Å². The van der Waals surface area contributed by atoms with E-state index in [0.29, 0.717) is 13.1 Å². The Kier molecular flexibility index (Phi) is 5.41. The number of piperidine rings is 1. The highest BCUT2D eigenvalue weighted by atomic mass is 16.4. The van der Waals surface area contributed by atoms with Crippen LogP contribution >= 0.6 is 0 Å². The first kappa shape index (κ1) is 14.3. The molecule has 1 saturated heterocycles. The Morgan fingerprint density at radius 2 is 1.72 bits per heavy atom. The molecule has 0 aromatic carbocycles. The molecule has 3 N–H and O–H groups in total. The highest BCUT2D eigenvalue weighted by Gasteiger charge is 2.24. The van der Waals surface area contributed by atoms with Crippen molar-refractivity contribution in [1.82, 2.24) is 10.2 Å². The predicted octanol–water partition coefficient (Wildman–Crippen LogP) is 0.500. The number of carboxylic acids is 2. The van der Waals surface area contributed by atoms with Gasteiger partial charge in [0.1, 0.15) is 6.04 Å². The normalized spacial score (nSPS) is 17.0. The maximum Gasteiger partial charge on any atom is 0.326 e. The molecule has 7 heteroatoms. The average Bonchev–Trinajstić information content (AvgIpc) is 2.34. The molecule has 0 aromatic heterocycles. The van der Waals surface area contributed by atoms with Crippen molar-refractivity contribution >= 4 is 18.0 Å². The zero-order chi connectivity index (χ0) is 13.5. The molecule has 1 aliphatic rings. The average molecular weight is 258 g/mol. The first-order valence-corrected chi connectivity index (χ1v) is 6.00. The highest BCUT2D eigenvalue weighted by Crippen LogP contribution is 2.09. The number of amides is 2. The van der Waals surface area contributed by atoms with Gasteiger partial charge in [0.2, 0.25) is 0 Å². The Labute approximate surface area is 105 Å². The molecule has 1 atom stereocenters. The van der Waals surface area contributed by atoms with Gasteiger partial charge in [-0.2, -0.15) is 0 Å². The van der Waals surface area contributed by atoms with Crippen LogP contribution in [0.2, 0.25) is 0 Å². The van der Waals surface area contributed by atoms with Gasteiger partial charge in [-0.15, -0.1) is 0 Å². The second-order valence-electron chi connectivity index (χ2n) is 4.32. The minimum Gasteiger partial charge on any atom is -0.481 e. The molecule has 0 aromatic rings. The number of carboxylic acid groups (broad SMARTS) is 2. The SMILES string of the molecule is O=C(O)CC[C@H](NC(=O)N1CCCCC1)C(=O)O. The number of nitrogens with one attached hydrogen (secondary N) is 1. The molecule has 102 valence electrons. The Morgan fingerprint density at radius 3 is 2.22 bits per heavy atom. The number of likely N-dealkylation sites (tertiary alicyclic amines) is 1. The Bertz CT molecular complexity index is 325. The zero-order valence-electron chi connectivity index (χ0n) is 10.1. The van der Waals surface area contributed by atoms with Crippen molar-refractivity contribution in [3.8, 4) is 0 Å². The van der Waals surface area contributed by atoms with Crippen LogP contribution in [0.15, 0.2) is 0 Å². The topological polar surface area (TPSA) is 107 Å². The fourth-order valence-electron chi connectivity index (χ4n) is 1.86. The number of nitrogens with zero attached hydrogens (tertiary/aromatic N) is 1. The molecule has 1 rings (SSSR count). The molecule has 0 saturated carbocycles. The minimum absolute atomic E-state index is 0.107. The lowest BCUT2D eigenvalue weighted by atomic mass is 10.1. The summed E-state index contributed by atoms with van der Waals surface area (Å²) in [6, 6.07) is -1.57. The maximum atomic E-state index is 11.8. The van der Waals surface area contributed by atoms with Crippen molar-refractivity contribution in [3.05, 3.63) is 0 Å². The second-order valence-corrected chi connectivity index (χ2v) is 4.32. The molecular formula is C11H18N2O5. The van der Waals surface area contributed by atoms with Crippen molar-refractivity contribution in [1.29, 1.82) is 0 Å². The predicted molar refractivity (Wildman–Crippen MR) is 62.2 cm³/mol. The molecule has 0 unspecified atom stereocenters. The van der Waals surface area contributed by atoms with E-state index in [9.17, 15) is 14.4 Å². The van der Waals surface area contributed by atoms with Crippen molar-refractivity contribution < 1.29 is 24.6 Å². The number of rotatable bonds is 5. The van der Waals surface area contributed by atoms with Crippen LogP contribution in [0, 0.1) is 0 Å². The molecule has 0 bridgehead atoms. The number of aliphatic carboxylic acids is 2. The third-order valence-electron chi connectivity index (χ3n) is 2.89. The van der Waals surface area contributed by atoms with Crippen molar-refractivity contribution in [3.63, 3.8) is 0 Å². The highest BCUT2D eigenvalue weighted by molar-refractivity contribution is 5.83.